The second-order valence-electron chi connectivity index (χ2n) is 5.90. The quantitative estimate of drug-likeness (QED) is 0.221. The van der Waals surface area contributed by atoms with E-state index in [0.717, 1.165) is 16.8 Å². The van der Waals surface area contributed by atoms with Crippen LogP contribution < -0.4 is 11.2 Å². The molecule has 2 aromatic carbocycles. The van der Waals surface area contributed by atoms with E-state index in [4.69, 9.17) is 10.6 Å². The monoisotopic (exact) mass is 425 g/mol. The summed E-state index contributed by atoms with van der Waals surface area (Å²) in [5.41, 5.74) is 2.33. The van der Waals surface area contributed by atoms with Gasteiger partial charge in [0.2, 0.25) is 0 Å². The molecule has 0 aromatic heterocycles. The van der Waals surface area contributed by atoms with Crippen molar-refractivity contribution >= 4 is 40.1 Å². The molecule has 0 saturated carbocycles. The molecule has 0 amide bonds. The average Bonchev–Trinajstić information content (AvgIpc) is 2.63. The molecule has 0 spiro atoms. The molecule has 2 aromatic rings. The van der Waals surface area contributed by atoms with E-state index in [9.17, 15) is 13.2 Å². The topological polar surface area (TPSA) is 111 Å². The molecule has 0 aliphatic rings. The number of nitrogens with zero attached hydrogens (tertiary/aromatic N) is 1. The van der Waals surface area contributed by atoms with Gasteiger partial charge in [-0.3, -0.25) is 4.79 Å². The van der Waals surface area contributed by atoms with Gasteiger partial charge in [0.1, 0.15) is 0 Å². The summed E-state index contributed by atoms with van der Waals surface area (Å²) in [6.07, 6.45) is 1.20. The van der Waals surface area contributed by atoms with Crippen LogP contribution in [0.2, 0.25) is 0 Å². The highest BCUT2D eigenvalue weighted by Crippen LogP contribution is 2.17. The van der Waals surface area contributed by atoms with E-state index in [1.165, 1.54) is 13.1 Å². The number of anilines is 1. The van der Waals surface area contributed by atoms with Crippen LogP contribution in [0.25, 0.3) is 0 Å². The highest BCUT2D eigenvalue weighted by molar-refractivity contribution is 7.91. The summed E-state index contributed by atoms with van der Waals surface area (Å²) in [6, 6.07) is 13.9. The number of rotatable bonds is 8. The number of benzene rings is 2. The van der Waals surface area contributed by atoms with E-state index < -0.39 is 22.0 Å². The Morgan fingerprint density at radius 3 is 2.50 bits per heavy atom. The van der Waals surface area contributed by atoms with Gasteiger partial charge in [0, 0.05) is 19.0 Å². The van der Waals surface area contributed by atoms with Gasteiger partial charge >= 0.3 is 5.97 Å². The number of esters is 1. The van der Waals surface area contributed by atoms with Crippen LogP contribution in [0.3, 0.4) is 0 Å². The Morgan fingerprint density at radius 2 is 1.93 bits per heavy atom. The number of halogens is 1. The highest BCUT2D eigenvalue weighted by atomic mass is 35.5. The summed E-state index contributed by atoms with van der Waals surface area (Å²) in [4.78, 5) is 11.7. The van der Waals surface area contributed by atoms with Crippen LogP contribution in [0.1, 0.15) is 25.0 Å². The van der Waals surface area contributed by atoms with Crippen LogP contribution in [-0.4, -0.2) is 32.6 Å². The lowest BCUT2D eigenvalue weighted by atomic mass is 10.1. The molecule has 28 heavy (non-hydrogen) atoms. The van der Waals surface area contributed by atoms with E-state index in [1.54, 1.807) is 31.2 Å². The van der Waals surface area contributed by atoms with Crippen LogP contribution in [0, 0.1) is 0 Å². The number of nitrogens with two attached hydrogens (primary N) is 1. The van der Waals surface area contributed by atoms with E-state index in [-0.39, 0.29) is 23.1 Å². The molecule has 0 saturated heterocycles. The number of carbonyl (C=O) groups excluding carboxylic acids is 1. The Balaban J connectivity index is 0.00000392. The summed E-state index contributed by atoms with van der Waals surface area (Å²) < 4.78 is 29.5. The standard InChI is InChI=1S/C19H23N3O4S.ClH/c1-3-27(24,25)18-6-4-5-16(11-18)12-19(26-14(2)23)22-17-9-7-15(8-10-17)13-21-20;/h4-11,13,19,22H,3,12,20H2,1-2H3;1H. The Hall–Kier alpha value is -2.58. The Bertz CT molecular complexity index is 915. The first-order valence-electron chi connectivity index (χ1n) is 8.43. The summed E-state index contributed by atoms with van der Waals surface area (Å²) in [7, 11) is -3.30. The molecule has 0 fully saturated rings. The molecule has 0 bridgehead atoms. The van der Waals surface area contributed by atoms with Crippen molar-refractivity contribution in [2.45, 2.75) is 31.4 Å². The number of hydrogen-bond donors (Lipinski definition) is 2. The van der Waals surface area contributed by atoms with Crippen molar-refractivity contribution in [3.8, 4) is 0 Å². The fourth-order valence-electron chi connectivity index (χ4n) is 2.51. The first kappa shape index (κ1) is 23.5. The Labute approximate surface area is 171 Å². The highest BCUT2D eigenvalue weighted by Gasteiger charge is 2.16. The summed E-state index contributed by atoms with van der Waals surface area (Å²) >= 11 is 0. The van der Waals surface area contributed by atoms with Gasteiger partial charge in [-0.05, 0) is 35.4 Å². The third-order valence-electron chi connectivity index (χ3n) is 3.83. The molecule has 1 unspecified atom stereocenters. The molecule has 152 valence electrons. The maximum Gasteiger partial charge on any atom is 0.304 e. The lowest BCUT2D eigenvalue weighted by Gasteiger charge is -2.20. The largest absolute Gasteiger partial charge is 0.442 e. The van der Waals surface area contributed by atoms with Crippen molar-refractivity contribution in [2.24, 2.45) is 10.9 Å². The van der Waals surface area contributed by atoms with Gasteiger partial charge < -0.3 is 15.9 Å². The van der Waals surface area contributed by atoms with Crippen molar-refractivity contribution in [2.75, 3.05) is 11.1 Å². The predicted molar refractivity (Wildman–Crippen MR) is 113 cm³/mol. The molecular weight excluding hydrogens is 402 g/mol. The van der Waals surface area contributed by atoms with Crippen molar-refractivity contribution < 1.29 is 17.9 Å². The van der Waals surface area contributed by atoms with Crippen molar-refractivity contribution in [1.29, 1.82) is 0 Å². The number of carbonyl (C=O) groups is 1. The summed E-state index contributed by atoms with van der Waals surface area (Å²) in [5, 5.41) is 6.59. The molecule has 3 N–H and O–H groups in total. The minimum absolute atomic E-state index is 0. The van der Waals surface area contributed by atoms with Gasteiger partial charge in [-0.15, -0.1) is 12.4 Å². The lowest BCUT2D eigenvalue weighted by molar-refractivity contribution is -0.144. The fraction of sp³-hybridized carbons (Fsp3) is 0.263. The third-order valence-corrected chi connectivity index (χ3v) is 5.56. The maximum atomic E-state index is 12.1. The Morgan fingerprint density at radius 1 is 1.25 bits per heavy atom. The third kappa shape index (κ3) is 6.86. The van der Waals surface area contributed by atoms with Crippen LogP contribution in [0.5, 0.6) is 0 Å². The molecule has 0 aliphatic heterocycles. The first-order valence-corrected chi connectivity index (χ1v) is 10.1. The maximum absolute atomic E-state index is 12.1. The SMILES string of the molecule is CCS(=O)(=O)c1cccc(CC(Nc2ccc(C=NN)cc2)OC(C)=O)c1.Cl. The van der Waals surface area contributed by atoms with Gasteiger partial charge in [-0.1, -0.05) is 31.2 Å². The van der Waals surface area contributed by atoms with Crippen LogP contribution in [0.4, 0.5) is 5.69 Å². The van der Waals surface area contributed by atoms with Crippen molar-refractivity contribution in [1.82, 2.24) is 0 Å². The second kappa shape index (κ2) is 10.7. The summed E-state index contributed by atoms with van der Waals surface area (Å²) in [5.74, 6) is 4.72. The van der Waals surface area contributed by atoms with Gasteiger partial charge in [0.05, 0.1) is 16.9 Å². The molecule has 0 aliphatic carbocycles. The molecule has 1 atom stereocenters. The zero-order valence-electron chi connectivity index (χ0n) is 15.7. The minimum atomic E-state index is -3.30. The number of ether oxygens (including phenoxy) is 1. The number of hydrazone groups is 1. The van der Waals surface area contributed by atoms with E-state index in [2.05, 4.69) is 10.4 Å². The molecular formula is C19H24ClN3O4S. The van der Waals surface area contributed by atoms with E-state index >= 15 is 0 Å². The minimum Gasteiger partial charge on any atom is -0.442 e. The van der Waals surface area contributed by atoms with Crippen LogP contribution in [0.15, 0.2) is 58.5 Å². The number of nitrogens with one attached hydrogen (secondary N) is 1. The molecule has 0 heterocycles. The number of hydrogen-bond acceptors (Lipinski definition) is 7. The molecule has 2 rings (SSSR count). The van der Waals surface area contributed by atoms with Crippen molar-refractivity contribution in [3.63, 3.8) is 0 Å². The smallest absolute Gasteiger partial charge is 0.304 e. The van der Waals surface area contributed by atoms with E-state index in [0.29, 0.717) is 6.42 Å². The van der Waals surface area contributed by atoms with Crippen LogP contribution in [-0.2, 0) is 25.8 Å². The van der Waals surface area contributed by atoms with Gasteiger partial charge in [-0.2, -0.15) is 5.10 Å². The first-order chi connectivity index (χ1) is 12.8. The van der Waals surface area contributed by atoms with Gasteiger partial charge in [0.25, 0.3) is 0 Å². The zero-order valence-corrected chi connectivity index (χ0v) is 17.3. The Kier molecular flexibility index (Phi) is 8.94. The van der Waals surface area contributed by atoms with Crippen LogP contribution >= 0.6 is 12.4 Å². The predicted octanol–water partition coefficient (Wildman–Crippen LogP) is 2.74. The average molecular weight is 426 g/mol. The second-order valence-corrected chi connectivity index (χ2v) is 8.18. The zero-order chi connectivity index (χ0) is 19.9. The molecule has 9 heteroatoms. The normalized spacial score (nSPS) is 12.2. The van der Waals surface area contributed by atoms with Gasteiger partial charge in [-0.25, -0.2) is 8.42 Å². The molecule has 0 radical (unpaired) electrons. The summed E-state index contributed by atoms with van der Waals surface area (Å²) in [6.45, 7) is 2.93. The molecule has 7 nitrogen and oxygen atoms in total. The van der Waals surface area contributed by atoms with E-state index in [1.807, 2.05) is 24.3 Å². The van der Waals surface area contributed by atoms with Gasteiger partial charge in [0.15, 0.2) is 16.1 Å². The fourth-order valence-corrected chi connectivity index (χ4v) is 3.46. The lowest BCUT2D eigenvalue weighted by Crippen LogP contribution is -2.28. The number of sulfone groups is 1. The van der Waals surface area contributed by atoms with Crippen molar-refractivity contribution in [3.05, 3.63) is 59.7 Å².